The van der Waals surface area contributed by atoms with Gasteiger partial charge in [0.15, 0.2) is 5.69 Å². The normalized spacial score (nSPS) is 18.0. The Labute approximate surface area is 200 Å². The van der Waals surface area contributed by atoms with E-state index in [1.165, 1.54) is 6.08 Å². The number of nitrogen functional groups attached to an aromatic ring is 1. The molecule has 0 spiro atoms. The standard InChI is InChI=1S/C27H31N5O2/c1-4-25(33)30-24-7-5-6-17-8-9-18(16-21(17)24)23-15-14-22(28)26(31-23)27(34)29-19-10-12-20(13-11-19)32(2)3/h4-9,14-16,19-20H,1,10-13,28H2,2-3H3,(H,29,34)(H,30,33). The van der Waals surface area contributed by atoms with E-state index in [1.54, 1.807) is 12.1 Å². The van der Waals surface area contributed by atoms with Gasteiger partial charge in [0.2, 0.25) is 5.91 Å². The van der Waals surface area contributed by atoms with E-state index in [0.29, 0.717) is 23.1 Å². The maximum absolute atomic E-state index is 13.0. The number of aromatic nitrogens is 1. The van der Waals surface area contributed by atoms with Crippen molar-refractivity contribution in [3.63, 3.8) is 0 Å². The largest absolute Gasteiger partial charge is 0.397 e. The zero-order valence-corrected chi connectivity index (χ0v) is 19.7. The molecule has 2 amide bonds. The number of amides is 2. The molecule has 2 aromatic carbocycles. The summed E-state index contributed by atoms with van der Waals surface area (Å²) in [5.41, 5.74) is 8.87. The Hall–Kier alpha value is -3.71. The molecule has 0 aliphatic heterocycles. The number of benzene rings is 2. The third-order valence-electron chi connectivity index (χ3n) is 6.52. The average molecular weight is 458 g/mol. The van der Waals surface area contributed by atoms with Gasteiger partial charge in [0.25, 0.3) is 5.91 Å². The fourth-order valence-electron chi connectivity index (χ4n) is 4.53. The maximum atomic E-state index is 13.0. The van der Waals surface area contributed by atoms with E-state index >= 15 is 0 Å². The molecule has 0 unspecified atom stereocenters. The highest BCUT2D eigenvalue weighted by Crippen LogP contribution is 2.30. The van der Waals surface area contributed by atoms with Crippen molar-refractivity contribution < 1.29 is 9.59 Å². The van der Waals surface area contributed by atoms with Gasteiger partial charge in [0.1, 0.15) is 0 Å². The van der Waals surface area contributed by atoms with Crippen LogP contribution in [0.15, 0.2) is 61.2 Å². The number of nitrogens with zero attached hydrogens (tertiary/aromatic N) is 2. The van der Waals surface area contributed by atoms with Crippen LogP contribution in [0.4, 0.5) is 11.4 Å². The fourth-order valence-corrected chi connectivity index (χ4v) is 4.53. The Kier molecular flexibility index (Phi) is 6.93. The smallest absolute Gasteiger partial charge is 0.272 e. The van der Waals surface area contributed by atoms with E-state index < -0.39 is 0 Å². The molecule has 7 nitrogen and oxygen atoms in total. The minimum Gasteiger partial charge on any atom is -0.397 e. The summed E-state index contributed by atoms with van der Waals surface area (Å²) in [6.45, 7) is 3.52. The first-order chi connectivity index (χ1) is 16.4. The minimum atomic E-state index is -0.276. The lowest BCUT2D eigenvalue weighted by molar-refractivity contribution is -0.111. The van der Waals surface area contributed by atoms with Gasteiger partial charge in [-0.1, -0.05) is 30.8 Å². The van der Waals surface area contributed by atoms with Crippen molar-refractivity contribution in [1.29, 1.82) is 0 Å². The van der Waals surface area contributed by atoms with Gasteiger partial charge >= 0.3 is 0 Å². The maximum Gasteiger partial charge on any atom is 0.272 e. The monoisotopic (exact) mass is 457 g/mol. The van der Waals surface area contributed by atoms with Crippen LogP contribution in [0.2, 0.25) is 0 Å². The van der Waals surface area contributed by atoms with Gasteiger partial charge in [-0.2, -0.15) is 0 Å². The molecule has 0 atom stereocenters. The highest BCUT2D eigenvalue weighted by molar-refractivity contribution is 6.06. The van der Waals surface area contributed by atoms with Crippen molar-refractivity contribution in [1.82, 2.24) is 15.2 Å². The molecule has 0 radical (unpaired) electrons. The molecular formula is C27H31N5O2. The van der Waals surface area contributed by atoms with E-state index in [2.05, 4.69) is 41.2 Å². The Morgan fingerprint density at radius 2 is 1.85 bits per heavy atom. The molecule has 176 valence electrons. The quantitative estimate of drug-likeness (QED) is 0.482. The summed E-state index contributed by atoms with van der Waals surface area (Å²) in [5.74, 6) is -0.519. The first-order valence-corrected chi connectivity index (χ1v) is 11.6. The van der Waals surface area contributed by atoms with Gasteiger partial charge in [-0.3, -0.25) is 9.59 Å². The van der Waals surface area contributed by atoms with Gasteiger partial charge in [0, 0.05) is 28.7 Å². The predicted octanol–water partition coefficient (Wildman–Crippen LogP) is 4.21. The number of nitrogens with one attached hydrogen (secondary N) is 2. The summed E-state index contributed by atoms with van der Waals surface area (Å²) in [6, 6.07) is 15.8. The summed E-state index contributed by atoms with van der Waals surface area (Å²) in [5, 5.41) is 7.82. The zero-order chi connectivity index (χ0) is 24.2. The number of hydrogen-bond donors (Lipinski definition) is 3. The number of hydrogen-bond acceptors (Lipinski definition) is 5. The second-order valence-corrected chi connectivity index (χ2v) is 9.01. The van der Waals surface area contributed by atoms with Crippen molar-refractivity contribution >= 4 is 34.0 Å². The highest BCUT2D eigenvalue weighted by atomic mass is 16.2. The molecule has 1 saturated carbocycles. The molecule has 3 aromatic rings. The van der Waals surface area contributed by atoms with E-state index in [9.17, 15) is 9.59 Å². The Bertz CT molecular complexity index is 1230. The van der Waals surface area contributed by atoms with Crippen molar-refractivity contribution in [2.75, 3.05) is 25.1 Å². The van der Waals surface area contributed by atoms with Crippen molar-refractivity contribution in [2.24, 2.45) is 0 Å². The number of pyridine rings is 1. The van der Waals surface area contributed by atoms with E-state index in [4.69, 9.17) is 5.73 Å². The molecule has 4 rings (SSSR count). The average Bonchev–Trinajstić information content (AvgIpc) is 2.84. The van der Waals surface area contributed by atoms with Crippen LogP contribution in [0.3, 0.4) is 0 Å². The van der Waals surface area contributed by atoms with Crippen molar-refractivity contribution in [3.8, 4) is 11.3 Å². The number of anilines is 2. The zero-order valence-electron chi connectivity index (χ0n) is 19.7. The van der Waals surface area contributed by atoms with Crippen LogP contribution in [0.1, 0.15) is 36.2 Å². The Morgan fingerprint density at radius 3 is 2.56 bits per heavy atom. The van der Waals surface area contributed by atoms with E-state index in [-0.39, 0.29) is 23.6 Å². The molecule has 1 aliphatic rings. The highest BCUT2D eigenvalue weighted by Gasteiger charge is 2.25. The predicted molar refractivity (Wildman–Crippen MR) is 138 cm³/mol. The van der Waals surface area contributed by atoms with Gasteiger partial charge < -0.3 is 21.3 Å². The molecule has 1 aromatic heterocycles. The lowest BCUT2D eigenvalue weighted by Crippen LogP contribution is -2.42. The third-order valence-corrected chi connectivity index (χ3v) is 6.52. The molecular weight excluding hydrogens is 426 g/mol. The third kappa shape index (κ3) is 5.10. The Morgan fingerprint density at radius 1 is 1.09 bits per heavy atom. The Balaban J connectivity index is 1.58. The molecule has 1 aliphatic carbocycles. The second kappa shape index (κ2) is 10.1. The molecule has 1 heterocycles. The van der Waals surface area contributed by atoms with Gasteiger partial charge in [-0.05, 0) is 75.5 Å². The van der Waals surface area contributed by atoms with Crippen LogP contribution in [0.5, 0.6) is 0 Å². The van der Waals surface area contributed by atoms with Crippen LogP contribution < -0.4 is 16.4 Å². The van der Waals surface area contributed by atoms with E-state index in [0.717, 1.165) is 42.0 Å². The second-order valence-electron chi connectivity index (χ2n) is 9.01. The fraction of sp³-hybridized carbons (Fsp3) is 0.296. The van der Waals surface area contributed by atoms with Gasteiger partial charge in [-0.15, -0.1) is 0 Å². The van der Waals surface area contributed by atoms with Crippen LogP contribution >= 0.6 is 0 Å². The number of carbonyl (C=O) groups is 2. The number of fused-ring (bicyclic) bond motifs is 1. The summed E-state index contributed by atoms with van der Waals surface area (Å²) in [6.07, 6.45) is 5.24. The topological polar surface area (TPSA) is 100 Å². The molecule has 4 N–H and O–H groups in total. The summed E-state index contributed by atoms with van der Waals surface area (Å²) in [4.78, 5) is 31.7. The lowest BCUT2D eigenvalue weighted by Gasteiger charge is -2.32. The number of rotatable bonds is 6. The minimum absolute atomic E-state index is 0.130. The molecule has 7 heteroatoms. The van der Waals surface area contributed by atoms with Crippen LogP contribution in [0, 0.1) is 0 Å². The molecule has 0 bridgehead atoms. The number of nitrogens with two attached hydrogens (primary N) is 1. The van der Waals surface area contributed by atoms with E-state index in [1.807, 2.05) is 36.4 Å². The molecule has 34 heavy (non-hydrogen) atoms. The van der Waals surface area contributed by atoms with Gasteiger partial charge in [0.05, 0.1) is 11.4 Å². The number of carbonyl (C=O) groups excluding carboxylic acids is 2. The van der Waals surface area contributed by atoms with Crippen LogP contribution in [0.25, 0.3) is 22.0 Å². The summed E-state index contributed by atoms with van der Waals surface area (Å²) >= 11 is 0. The SMILES string of the molecule is C=CC(=O)Nc1cccc2ccc(-c3ccc(N)c(C(=O)NC4CCC(N(C)C)CC4)n3)cc12. The van der Waals surface area contributed by atoms with Crippen LogP contribution in [-0.2, 0) is 4.79 Å². The van der Waals surface area contributed by atoms with Crippen LogP contribution in [-0.4, -0.2) is 47.9 Å². The molecule has 0 saturated heterocycles. The molecule has 1 fully saturated rings. The van der Waals surface area contributed by atoms with Crippen molar-refractivity contribution in [3.05, 3.63) is 66.9 Å². The first-order valence-electron chi connectivity index (χ1n) is 11.6. The summed E-state index contributed by atoms with van der Waals surface area (Å²) < 4.78 is 0. The lowest BCUT2D eigenvalue weighted by atomic mass is 9.90. The van der Waals surface area contributed by atoms with Crippen molar-refractivity contribution in [2.45, 2.75) is 37.8 Å². The first kappa shape index (κ1) is 23.4. The summed E-state index contributed by atoms with van der Waals surface area (Å²) in [7, 11) is 4.20. The van der Waals surface area contributed by atoms with Gasteiger partial charge in [-0.25, -0.2) is 4.98 Å².